The number of carboxylic acid groups (broad SMARTS) is 1. The number of fused-ring (bicyclic) bond motifs is 1. The van der Waals surface area contributed by atoms with Gasteiger partial charge in [-0.2, -0.15) is 0 Å². The normalized spacial score (nSPS) is 17.5. The Kier molecular flexibility index (Phi) is 3.13. The zero-order valence-corrected chi connectivity index (χ0v) is 10.9. The predicted molar refractivity (Wildman–Crippen MR) is 77.9 cm³/mol. The molecule has 1 atom stereocenters. The molecule has 1 heterocycles. The third-order valence-corrected chi connectivity index (χ3v) is 4.36. The molecule has 0 amide bonds. The van der Waals surface area contributed by atoms with Crippen molar-refractivity contribution in [2.75, 3.05) is 0 Å². The lowest BCUT2D eigenvalue weighted by molar-refractivity contribution is -0.130. The maximum Gasteiger partial charge on any atom is 0.336 e. The van der Waals surface area contributed by atoms with E-state index in [2.05, 4.69) is 12.1 Å². The van der Waals surface area contributed by atoms with Gasteiger partial charge in [0.25, 0.3) is 0 Å². The summed E-state index contributed by atoms with van der Waals surface area (Å²) in [6, 6.07) is 17.9. The molecule has 0 aromatic heterocycles. The van der Waals surface area contributed by atoms with Gasteiger partial charge in [0.2, 0.25) is 0 Å². The molecule has 2 aromatic rings. The van der Waals surface area contributed by atoms with Gasteiger partial charge in [0, 0.05) is 0 Å². The van der Waals surface area contributed by atoms with Crippen LogP contribution in [0.25, 0.3) is 5.57 Å². The predicted octanol–water partition coefficient (Wildman–Crippen LogP) is 3.95. The smallest absolute Gasteiger partial charge is 0.336 e. The Hall–Kier alpha value is -2.00. The monoisotopic (exact) mass is 268 g/mol. The molecule has 0 fully saturated rings. The number of carbonyl (C=O) groups is 1. The average molecular weight is 268 g/mol. The summed E-state index contributed by atoms with van der Waals surface area (Å²) < 4.78 is 0. The number of aliphatic carboxylic acids is 1. The highest BCUT2D eigenvalue weighted by Crippen LogP contribution is 2.44. The molecule has 0 bridgehead atoms. The fraction of sp³-hybridized carbons (Fsp3) is 0.0625. The van der Waals surface area contributed by atoms with Gasteiger partial charge in [0.15, 0.2) is 0 Å². The zero-order chi connectivity index (χ0) is 13.2. The average Bonchev–Trinajstić information content (AvgIpc) is 2.47. The summed E-state index contributed by atoms with van der Waals surface area (Å²) >= 11 is 1.55. The second-order valence-corrected chi connectivity index (χ2v) is 5.33. The largest absolute Gasteiger partial charge is 0.478 e. The van der Waals surface area contributed by atoms with E-state index in [4.69, 9.17) is 0 Å². The summed E-state index contributed by atoms with van der Waals surface area (Å²) in [6.45, 7) is 0. The van der Waals surface area contributed by atoms with Gasteiger partial charge in [-0.05, 0) is 22.1 Å². The topological polar surface area (TPSA) is 37.3 Å². The summed E-state index contributed by atoms with van der Waals surface area (Å²) in [6.07, 6.45) is 0. The SMILES string of the molecule is O=C(O)C1=CSC(c2ccccc2)c2ccccc21. The van der Waals surface area contributed by atoms with Crippen molar-refractivity contribution in [3.05, 3.63) is 76.7 Å². The molecule has 0 saturated heterocycles. The fourth-order valence-corrected chi connectivity index (χ4v) is 3.46. The fourth-order valence-electron chi connectivity index (χ4n) is 2.30. The first-order valence-corrected chi connectivity index (χ1v) is 6.95. The molecule has 1 aliphatic rings. The lowest BCUT2D eigenvalue weighted by atomic mass is 9.94. The van der Waals surface area contributed by atoms with Crippen LogP contribution in [0.15, 0.2) is 60.0 Å². The summed E-state index contributed by atoms with van der Waals surface area (Å²) in [5.74, 6) is -0.869. The van der Waals surface area contributed by atoms with Crippen molar-refractivity contribution in [3.8, 4) is 0 Å². The Bertz CT molecular complexity index is 647. The Labute approximate surface area is 115 Å². The number of rotatable bonds is 2. The van der Waals surface area contributed by atoms with Crippen molar-refractivity contribution in [1.82, 2.24) is 0 Å². The van der Waals surface area contributed by atoms with Gasteiger partial charge in [-0.25, -0.2) is 4.79 Å². The molecule has 1 aliphatic heterocycles. The number of thioether (sulfide) groups is 1. The summed E-state index contributed by atoms with van der Waals surface area (Å²) in [5, 5.41) is 11.2. The van der Waals surface area contributed by atoms with Gasteiger partial charge in [-0.1, -0.05) is 54.6 Å². The zero-order valence-electron chi connectivity index (χ0n) is 10.1. The van der Waals surface area contributed by atoms with E-state index in [0.29, 0.717) is 5.57 Å². The molecular formula is C16H12O2S. The van der Waals surface area contributed by atoms with E-state index in [1.807, 2.05) is 42.5 Å². The van der Waals surface area contributed by atoms with Gasteiger partial charge in [-0.3, -0.25) is 0 Å². The Morgan fingerprint density at radius 1 is 1.00 bits per heavy atom. The van der Waals surface area contributed by atoms with Crippen LogP contribution in [0.5, 0.6) is 0 Å². The van der Waals surface area contributed by atoms with Gasteiger partial charge >= 0.3 is 5.97 Å². The highest BCUT2D eigenvalue weighted by Gasteiger charge is 2.25. The minimum Gasteiger partial charge on any atom is -0.478 e. The molecule has 19 heavy (non-hydrogen) atoms. The molecule has 94 valence electrons. The van der Waals surface area contributed by atoms with E-state index in [9.17, 15) is 9.90 Å². The Balaban J connectivity index is 2.11. The molecule has 0 spiro atoms. The van der Waals surface area contributed by atoms with Crippen LogP contribution in [0, 0.1) is 0 Å². The van der Waals surface area contributed by atoms with Gasteiger partial charge in [0.1, 0.15) is 0 Å². The lowest BCUT2D eigenvalue weighted by Gasteiger charge is -2.24. The van der Waals surface area contributed by atoms with Crippen molar-refractivity contribution in [1.29, 1.82) is 0 Å². The second-order valence-electron chi connectivity index (χ2n) is 4.35. The second kappa shape index (κ2) is 4.94. The van der Waals surface area contributed by atoms with Crippen LogP contribution < -0.4 is 0 Å². The van der Waals surface area contributed by atoms with E-state index in [0.717, 1.165) is 11.1 Å². The van der Waals surface area contributed by atoms with Crippen LogP contribution in [0.2, 0.25) is 0 Å². The number of hydrogen-bond donors (Lipinski definition) is 1. The Morgan fingerprint density at radius 2 is 1.68 bits per heavy atom. The van der Waals surface area contributed by atoms with Crippen molar-refractivity contribution in [2.45, 2.75) is 5.25 Å². The summed E-state index contributed by atoms with van der Waals surface area (Å²) in [5.41, 5.74) is 3.47. The van der Waals surface area contributed by atoms with E-state index >= 15 is 0 Å². The maximum absolute atomic E-state index is 11.3. The summed E-state index contributed by atoms with van der Waals surface area (Å²) in [7, 11) is 0. The third-order valence-electron chi connectivity index (χ3n) is 3.19. The molecule has 1 unspecified atom stereocenters. The van der Waals surface area contributed by atoms with E-state index in [1.165, 1.54) is 5.56 Å². The van der Waals surface area contributed by atoms with Gasteiger partial charge < -0.3 is 5.11 Å². The highest BCUT2D eigenvalue weighted by atomic mass is 32.2. The summed E-state index contributed by atoms with van der Waals surface area (Å²) in [4.78, 5) is 11.3. The van der Waals surface area contributed by atoms with Crippen molar-refractivity contribution in [3.63, 3.8) is 0 Å². The first-order valence-electron chi connectivity index (χ1n) is 6.00. The van der Waals surface area contributed by atoms with Crippen LogP contribution >= 0.6 is 11.8 Å². The highest BCUT2D eigenvalue weighted by molar-refractivity contribution is 8.02. The van der Waals surface area contributed by atoms with Crippen LogP contribution in [-0.4, -0.2) is 11.1 Å². The minimum absolute atomic E-state index is 0.167. The van der Waals surface area contributed by atoms with Crippen LogP contribution in [0.1, 0.15) is 21.9 Å². The van der Waals surface area contributed by atoms with Crippen LogP contribution in [-0.2, 0) is 4.79 Å². The molecule has 2 aromatic carbocycles. The quantitative estimate of drug-likeness (QED) is 0.896. The molecule has 1 N–H and O–H groups in total. The first-order chi connectivity index (χ1) is 9.27. The van der Waals surface area contributed by atoms with Crippen LogP contribution in [0.4, 0.5) is 0 Å². The molecule has 0 radical (unpaired) electrons. The van der Waals surface area contributed by atoms with Crippen LogP contribution in [0.3, 0.4) is 0 Å². The van der Waals surface area contributed by atoms with Gasteiger partial charge in [-0.15, -0.1) is 11.8 Å². The third kappa shape index (κ3) is 2.17. The Morgan fingerprint density at radius 3 is 2.42 bits per heavy atom. The molecule has 0 aliphatic carbocycles. The lowest BCUT2D eigenvalue weighted by Crippen LogP contribution is -2.09. The standard InChI is InChI=1S/C16H12O2S/c17-16(18)14-10-19-15(11-6-2-1-3-7-11)13-9-5-4-8-12(13)14/h1-10,15H,(H,17,18). The maximum atomic E-state index is 11.3. The van der Waals surface area contributed by atoms with E-state index < -0.39 is 5.97 Å². The molecule has 3 heteroatoms. The molecular weight excluding hydrogens is 256 g/mol. The van der Waals surface area contributed by atoms with Gasteiger partial charge in [0.05, 0.1) is 10.8 Å². The number of hydrogen-bond acceptors (Lipinski definition) is 2. The van der Waals surface area contributed by atoms with Crippen molar-refractivity contribution < 1.29 is 9.90 Å². The number of benzene rings is 2. The van der Waals surface area contributed by atoms with E-state index in [1.54, 1.807) is 17.2 Å². The number of carboxylic acids is 1. The molecule has 2 nitrogen and oxygen atoms in total. The van der Waals surface area contributed by atoms with E-state index in [-0.39, 0.29) is 5.25 Å². The van der Waals surface area contributed by atoms with Crippen molar-refractivity contribution >= 4 is 23.3 Å². The molecule has 3 rings (SSSR count). The first kappa shape index (κ1) is 12.1. The molecule has 0 saturated carbocycles. The van der Waals surface area contributed by atoms with Crippen molar-refractivity contribution in [2.24, 2.45) is 0 Å². The minimum atomic E-state index is -0.869.